The number of anilines is 1. The number of aliphatic hydroxyl groups is 1. The Morgan fingerprint density at radius 2 is 1.91 bits per heavy atom. The van der Waals surface area contributed by atoms with Crippen LogP contribution in [0.2, 0.25) is 0 Å². The maximum Gasteiger partial charge on any atom is 0.245 e. The monoisotopic (exact) mass is 487 g/mol. The Bertz CT molecular complexity index is 953. The van der Waals surface area contributed by atoms with E-state index in [4.69, 9.17) is 9.47 Å². The van der Waals surface area contributed by atoms with E-state index in [2.05, 4.69) is 10.6 Å². The number of aliphatic hydroxyl groups excluding tert-OH is 1. The van der Waals surface area contributed by atoms with Gasteiger partial charge in [0.05, 0.1) is 24.0 Å². The smallest absolute Gasteiger partial charge is 0.245 e. The molecule has 9 nitrogen and oxygen atoms in total. The Balaban J connectivity index is 1.61. The third-order valence-electron chi connectivity index (χ3n) is 7.63. The summed E-state index contributed by atoms with van der Waals surface area (Å²) in [5.41, 5.74) is -1.27. The third kappa shape index (κ3) is 4.40. The van der Waals surface area contributed by atoms with Gasteiger partial charge in [0, 0.05) is 25.4 Å². The molecule has 2 unspecified atom stereocenters. The molecule has 3 N–H and O–H groups in total. The highest BCUT2D eigenvalue weighted by Gasteiger charge is 2.77. The zero-order valence-electron chi connectivity index (χ0n) is 20.8. The van der Waals surface area contributed by atoms with Gasteiger partial charge in [0.2, 0.25) is 17.7 Å². The number of amides is 3. The molecule has 192 valence electrons. The van der Waals surface area contributed by atoms with E-state index in [9.17, 15) is 19.5 Å². The van der Waals surface area contributed by atoms with Gasteiger partial charge in [-0.15, -0.1) is 0 Å². The molecular weight excluding hydrogens is 450 g/mol. The van der Waals surface area contributed by atoms with Gasteiger partial charge in [-0.3, -0.25) is 14.4 Å². The predicted octanol–water partition coefficient (Wildman–Crippen LogP) is 2.09. The average molecular weight is 488 g/mol. The number of ether oxygens (including phenoxy) is 2. The van der Waals surface area contributed by atoms with Gasteiger partial charge in [0.25, 0.3) is 0 Å². The van der Waals surface area contributed by atoms with Crippen molar-refractivity contribution >= 4 is 23.4 Å². The molecule has 3 heterocycles. The normalized spacial score (nSPS) is 30.9. The first-order valence-corrected chi connectivity index (χ1v) is 12.7. The van der Waals surface area contributed by atoms with Crippen LogP contribution in [0.25, 0.3) is 0 Å². The highest BCUT2D eigenvalue weighted by molar-refractivity contribution is 6.02. The van der Waals surface area contributed by atoms with E-state index < -0.39 is 29.1 Å². The minimum absolute atomic E-state index is 0.0914. The number of hydrogen-bond donors (Lipinski definition) is 3. The Hall–Kier alpha value is -2.65. The fourth-order valence-electron chi connectivity index (χ4n) is 6.11. The molecule has 0 saturated carbocycles. The van der Waals surface area contributed by atoms with Crippen LogP contribution in [0.3, 0.4) is 0 Å². The molecule has 0 aliphatic carbocycles. The molecule has 9 heteroatoms. The lowest BCUT2D eigenvalue weighted by Crippen LogP contribution is -2.55. The van der Waals surface area contributed by atoms with Crippen molar-refractivity contribution in [2.75, 3.05) is 31.6 Å². The van der Waals surface area contributed by atoms with Crippen molar-refractivity contribution < 1.29 is 29.0 Å². The summed E-state index contributed by atoms with van der Waals surface area (Å²) in [6, 6.07) is 6.29. The van der Waals surface area contributed by atoms with Crippen LogP contribution in [0, 0.1) is 11.8 Å². The molecule has 35 heavy (non-hydrogen) atoms. The van der Waals surface area contributed by atoms with Crippen molar-refractivity contribution in [3.63, 3.8) is 0 Å². The van der Waals surface area contributed by atoms with E-state index in [1.807, 2.05) is 20.8 Å². The Kier molecular flexibility index (Phi) is 7.38. The topological polar surface area (TPSA) is 117 Å². The van der Waals surface area contributed by atoms with Crippen molar-refractivity contribution in [3.8, 4) is 5.75 Å². The Labute approximate surface area is 206 Å². The van der Waals surface area contributed by atoms with Gasteiger partial charge in [-0.2, -0.15) is 0 Å². The van der Waals surface area contributed by atoms with E-state index in [1.54, 1.807) is 24.3 Å². The van der Waals surface area contributed by atoms with Crippen molar-refractivity contribution in [2.24, 2.45) is 11.8 Å². The van der Waals surface area contributed by atoms with Crippen LogP contribution in [0.15, 0.2) is 24.3 Å². The van der Waals surface area contributed by atoms with Gasteiger partial charge < -0.3 is 30.1 Å². The van der Waals surface area contributed by atoms with Crippen molar-refractivity contribution in [1.29, 1.82) is 0 Å². The van der Waals surface area contributed by atoms with Crippen LogP contribution in [-0.2, 0) is 19.1 Å². The molecule has 1 aromatic rings. The molecule has 3 aliphatic rings. The zero-order chi connectivity index (χ0) is 25.2. The zero-order valence-corrected chi connectivity index (χ0v) is 20.8. The average Bonchev–Trinajstić information content (AvgIpc) is 3.40. The first kappa shape index (κ1) is 25.4. The molecule has 5 atom stereocenters. The summed E-state index contributed by atoms with van der Waals surface area (Å²) in [5.74, 6) is -1.54. The van der Waals surface area contributed by atoms with Gasteiger partial charge in [0.15, 0.2) is 0 Å². The summed E-state index contributed by atoms with van der Waals surface area (Å²) in [6.07, 6.45) is 3.26. The Morgan fingerprint density at radius 1 is 1.17 bits per heavy atom. The van der Waals surface area contributed by atoms with E-state index >= 15 is 0 Å². The molecule has 3 fully saturated rings. The fraction of sp³-hybridized carbons (Fsp3) is 0.654. The molecule has 0 radical (unpaired) electrons. The highest BCUT2D eigenvalue weighted by Crippen LogP contribution is 2.63. The second-order valence-electron chi connectivity index (χ2n) is 9.93. The molecule has 3 aliphatic heterocycles. The number of nitrogens with one attached hydrogen (secondary N) is 2. The van der Waals surface area contributed by atoms with Crippen LogP contribution in [0.4, 0.5) is 5.69 Å². The molecule has 1 spiro atoms. The number of carbonyl (C=O) groups is 3. The lowest BCUT2D eigenvalue weighted by atomic mass is 9.66. The third-order valence-corrected chi connectivity index (χ3v) is 7.63. The molecular formula is C26H37N3O6. The van der Waals surface area contributed by atoms with Crippen molar-refractivity contribution in [3.05, 3.63) is 24.3 Å². The van der Waals surface area contributed by atoms with E-state index in [0.29, 0.717) is 43.9 Å². The minimum atomic E-state index is -1.04. The summed E-state index contributed by atoms with van der Waals surface area (Å²) in [7, 11) is 0. The molecule has 2 bridgehead atoms. The number of unbranched alkanes of at least 4 members (excludes halogenated alkanes) is 1. The number of hydrogen-bond acceptors (Lipinski definition) is 6. The first-order chi connectivity index (χ1) is 16.8. The van der Waals surface area contributed by atoms with E-state index in [0.717, 1.165) is 12.8 Å². The highest BCUT2D eigenvalue weighted by atomic mass is 16.5. The maximum atomic E-state index is 13.7. The molecule has 0 aromatic heterocycles. The van der Waals surface area contributed by atoms with Crippen LogP contribution < -0.4 is 15.4 Å². The second-order valence-corrected chi connectivity index (χ2v) is 9.93. The fourth-order valence-corrected chi connectivity index (χ4v) is 6.11. The van der Waals surface area contributed by atoms with Crippen LogP contribution >= 0.6 is 0 Å². The molecule has 3 saturated heterocycles. The molecule has 3 amide bonds. The summed E-state index contributed by atoms with van der Waals surface area (Å²) in [6.45, 7) is 7.05. The first-order valence-electron chi connectivity index (χ1n) is 12.7. The number of nitrogens with zero attached hydrogens (tertiary/aromatic N) is 1. The maximum absolute atomic E-state index is 13.7. The summed E-state index contributed by atoms with van der Waals surface area (Å²) in [4.78, 5) is 42.2. The number of rotatable bonds is 11. The van der Waals surface area contributed by atoms with Crippen LogP contribution in [-0.4, -0.2) is 71.3 Å². The molecule has 1 aromatic carbocycles. The lowest BCUT2D eigenvalue weighted by molar-refractivity contribution is -0.145. The number of benzene rings is 1. The van der Waals surface area contributed by atoms with Gasteiger partial charge >= 0.3 is 0 Å². The van der Waals surface area contributed by atoms with E-state index in [1.165, 1.54) is 4.90 Å². The van der Waals surface area contributed by atoms with Gasteiger partial charge in [-0.25, -0.2) is 0 Å². The summed E-state index contributed by atoms with van der Waals surface area (Å²) in [5, 5.41) is 15.3. The largest absolute Gasteiger partial charge is 0.494 e. The summed E-state index contributed by atoms with van der Waals surface area (Å²) < 4.78 is 12.0. The van der Waals surface area contributed by atoms with Crippen LogP contribution in [0.5, 0.6) is 5.75 Å². The van der Waals surface area contributed by atoms with Crippen molar-refractivity contribution in [1.82, 2.24) is 10.2 Å². The predicted molar refractivity (Wildman–Crippen MR) is 130 cm³/mol. The lowest BCUT2D eigenvalue weighted by Gasteiger charge is -2.33. The standard InChI is InChI=1S/C26H37N3O6/c1-4-6-14-27-23(32)21-26-13-12-25(3,35-26)19(20(26)24(33)29(21)15-7-16-30)22(31)28-17-8-10-18(11-9-17)34-5-2/h8-11,19-21,30H,4-7,12-16H2,1-3H3,(H,27,32)(H,28,31)/t19-,20-,21?,25+,26?/m0/s1. The number of fused-ring (bicyclic) bond motifs is 1. The quantitative estimate of drug-likeness (QED) is 0.412. The minimum Gasteiger partial charge on any atom is -0.494 e. The van der Waals surface area contributed by atoms with Gasteiger partial charge in [-0.05, 0) is 63.8 Å². The second kappa shape index (κ2) is 10.1. The molecule has 4 rings (SSSR count). The number of carbonyl (C=O) groups excluding carboxylic acids is 3. The van der Waals surface area contributed by atoms with Gasteiger partial charge in [0.1, 0.15) is 17.4 Å². The number of likely N-dealkylation sites (tertiary alicyclic amines) is 1. The SMILES string of the molecule is CCCCNC(=O)C1N(CCCO)C(=O)[C@@H]2[C@@H](C(=O)Nc3ccc(OCC)cc3)[C@@]3(C)CCC12O3. The van der Waals surface area contributed by atoms with E-state index in [-0.39, 0.29) is 30.9 Å². The summed E-state index contributed by atoms with van der Waals surface area (Å²) >= 11 is 0. The van der Waals surface area contributed by atoms with Crippen molar-refractivity contribution in [2.45, 2.75) is 70.1 Å². The van der Waals surface area contributed by atoms with Crippen LogP contribution in [0.1, 0.15) is 52.9 Å². The Morgan fingerprint density at radius 3 is 2.57 bits per heavy atom. The van der Waals surface area contributed by atoms with Gasteiger partial charge in [-0.1, -0.05) is 13.3 Å².